The maximum atomic E-state index is 4.55. The van der Waals surface area contributed by atoms with Crippen molar-refractivity contribution in [3.05, 3.63) is 59.7 Å². The largest absolute Gasteiger partial charge is 0.272 e. The predicted molar refractivity (Wildman–Crippen MR) is 61.2 cm³/mol. The highest BCUT2D eigenvalue weighted by Crippen LogP contribution is 2.47. The molecule has 0 N–H and O–H groups in total. The molecule has 1 atom stereocenters. The van der Waals surface area contributed by atoms with Gasteiger partial charge in [-0.1, -0.05) is 48.5 Å². The van der Waals surface area contributed by atoms with Crippen molar-refractivity contribution in [1.29, 1.82) is 0 Å². The first-order chi connectivity index (χ1) is 7.45. The summed E-state index contributed by atoms with van der Waals surface area (Å²) >= 11 is 0. The van der Waals surface area contributed by atoms with Gasteiger partial charge in [0.2, 0.25) is 0 Å². The molecule has 1 nitrogen and oxygen atoms in total. The van der Waals surface area contributed by atoms with Crippen molar-refractivity contribution in [2.75, 3.05) is 0 Å². The van der Waals surface area contributed by atoms with Gasteiger partial charge in [-0.25, -0.2) is 0 Å². The monoisotopic (exact) mass is 191 g/mol. The lowest BCUT2D eigenvalue weighted by atomic mass is 9.86. The Balaban J connectivity index is 2.11. The average Bonchev–Trinajstić information content (AvgIpc) is 3.10. The highest BCUT2D eigenvalue weighted by atomic mass is 15.0. The molecule has 1 heteroatoms. The average molecular weight is 191 g/mol. The van der Waals surface area contributed by atoms with Gasteiger partial charge in [-0.2, -0.15) is 0 Å². The number of fused-ring (bicyclic) bond motifs is 6. The van der Waals surface area contributed by atoms with Gasteiger partial charge in [-0.15, -0.1) is 0 Å². The highest BCUT2D eigenvalue weighted by molar-refractivity contribution is 6.20. The van der Waals surface area contributed by atoms with Crippen LogP contribution in [-0.4, -0.2) is 5.71 Å². The summed E-state index contributed by atoms with van der Waals surface area (Å²) in [6.07, 6.45) is 0. The van der Waals surface area contributed by atoms with E-state index in [-0.39, 0.29) is 0 Å². The van der Waals surface area contributed by atoms with Crippen molar-refractivity contribution in [3.8, 4) is 11.1 Å². The molecule has 1 unspecified atom stereocenters. The lowest BCUT2D eigenvalue weighted by Gasteiger charge is -2.16. The van der Waals surface area contributed by atoms with Crippen LogP contribution in [0.1, 0.15) is 17.2 Å². The van der Waals surface area contributed by atoms with E-state index in [9.17, 15) is 0 Å². The molecule has 0 amide bonds. The van der Waals surface area contributed by atoms with E-state index in [1.165, 1.54) is 28.0 Å². The molecule has 70 valence electrons. The van der Waals surface area contributed by atoms with Gasteiger partial charge in [0, 0.05) is 5.56 Å². The SMILES string of the molecule is c1ccc2c(c1)C1=NC1c1ccccc1-2. The smallest absolute Gasteiger partial charge is 0.118 e. The third-order valence-electron chi connectivity index (χ3n) is 3.21. The number of hydrogen-bond acceptors (Lipinski definition) is 1. The number of benzene rings is 2. The van der Waals surface area contributed by atoms with E-state index in [0.717, 1.165) is 0 Å². The first kappa shape index (κ1) is 7.41. The molecule has 1 aliphatic carbocycles. The van der Waals surface area contributed by atoms with E-state index in [1.807, 2.05) is 0 Å². The van der Waals surface area contributed by atoms with Crippen molar-refractivity contribution in [3.63, 3.8) is 0 Å². The first-order valence-corrected chi connectivity index (χ1v) is 5.21. The zero-order valence-electron chi connectivity index (χ0n) is 8.14. The molecule has 0 spiro atoms. The van der Waals surface area contributed by atoms with Crippen LogP contribution >= 0.6 is 0 Å². The van der Waals surface area contributed by atoms with Crippen molar-refractivity contribution in [2.45, 2.75) is 6.04 Å². The second-order valence-corrected chi connectivity index (χ2v) is 4.05. The molecule has 0 aromatic heterocycles. The van der Waals surface area contributed by atoms with Gasteiger partial charge < -0.3 is 0 Å². The van der Waals surface area contributed by atoms with Gasteiger partial charge in [0.1, 0.15) is 6.04 Å². The highest BCUT2D eigenvalue weighted by Gasteiger charge is 2.37. The Labute approximate surface area is 88.1 Å². The summed E-state index contributed by atoms with van der Waals surface area (Å²) in [5.74, 6) is 0. The third kappa shape index (κ3) is 0.852. The molecule has 2 aromatic rings. The van der Waals surface area contributed by atoms with Crippen LogP contribution < -0.4 is 0 Å². The molecule has 0 saturated carbocycles. The molecule has 4 rings (SSSR count). The van der Waals surface area contributed by atoms with Crippen LogP contribution in [0.15, 0.2) is 53.5 Å². The first-order valence-electron chi connectivity index (χ1n) is 5.21. The summed E-state index contributed by atoms with van der Waals surface area (Å²) < 4.78 is 0. The summed E-state index contributed by atoms with van der Waals surface area (Å²) in [6, 6.07) is 17.5. The van der Waals surface area contributed by atoms with E-state index < -0.39 is 0 Å². The summed E-state index contributed by atoms with van der Waals surface area (Å²) in [7, 11) is 0. The molecular weight excluding hydrogens is 182 g/mol. The number of hydrogen-bond donors (Lipinski definition) is 0. The fraction of sp³-hybridized carbons (Fsp3) is 0.0714. The van der Waals surface area contributed by atoms with Crippen LogP contribution in [0.3, 0.4) is 0 Å². The van der Waals surface area contributed by atoms with Gasteiger partial charge in [0.05, 0.1) is 5.71 Å². The Hall–Kier alpha value is -1.89. The van der Waals surface area contributed by atoms with Crippen LogP contribution in [-0.2, 0) is 0 Å². The number of aliphatic imine (C=N–C) groups is 1. The molecule has 0 fully saturated rings. The van der Waals surface area contributed by atoms with Crippen molar-refractivity contribution < 1.29 is 0 Å². The second kappa shape index (κ2) is 2.37. The number of rotatable bonds is 0. The van der Waals surface area contributed by atoms with Crippen LogP contribution in [0.25, 0.3) is 11.1 Å². The Kier molecular flexibility index (Phi) is 1.17. The van der Waals surface area contributed by atoms with Gasteiger partial charge in [0.25, 0.3) is 0 Å². The summed E-state index contributed by atoms with van der Waals surface area (Å²) in [6.45, 7) is 0. The van der Waals surface area contributed by atoms with Crippen molar-refractivity contribution in [1.82, 2.24) is 0 Å². The van der Waals surface area contributed by atoms with Crippen molar-refractivity contribution >= 4 is 5.71 Å². The Morgan fingerprint density at radius 2 is 1.40 bits per heavy atom. The summed E-state index contributed by atoms with van der Waals surface area (Å²) in [4.78, 5) is 4.55. The topological polar surface area (TPSA) is 12.4 Å². The lowest BCUT2D eigenvalue weighted by Crippen LogP contribution is -2.04. The summed E-state index contributed by atoms with van der Waals surface area (Å²) in [5.41, 5.74) is 6.64. The van der Waals surface area contributed by atoms with Gasteiger partial charge in [0.15, 0.2) is 0 Å². The normalized spacial score (nSPS) is 19.7. The standard InChI is InChI=1S/C14H9N/c1-3-7-11-9(5-1)10-6-2-4-8-12(10)14-13(11)15-14/h1-8,13H. The Bertz CT molecular complexity index is 596. The molecule has 1 heterocycles. The molecule has 15 heavy (non-hydrogen) atoms. The maximum Gasteiger partial charge on any atom is 0.118 e. The maximum absolute atomic E-state index is 4.55. The van der Waals surface area contributed by atoms with E-state index >= 15 is 0 Å². The molecular formula is C14H9N. The quantitative estimate of drug-likeness (QED) is 0.606. The van der Waals surface area contributed by atoms with E-state index in [4.69, 9.17) is 0 Å². The Morgan fingerprint density at radius 1 is 0.733 bits per heavy atom. The fourth-order valence-corrected chi connectivity index (χ4v) is 2.46. The predicted octanol–water partition coefficient (Wildman–Crippen LogP) is 3.21. The molecule has 1 aliphatic heterocycles. The Morgan fingerprint density at radius 3 is 2.27 bits per heavy atom. The molecule has 2 aromatic carbocycles. The van der Waals surface area contributed by atoms with Crippen LogP contribution in [0, 0.1) is 0 Å². The van der Waals surface area contributed by atoms with E-state index in [0.29, 0.717) is 6.04 Å². The van der Waals surface area contributed by atoms with Gasteiger partial charge in [-0.3, -0.25) is 4.99 Å². The van der Waals surface area contributed by atoms with Gasteiger partial charge >= 0.3 is 0 Å². The van der Waals surface area contributed by atoms with Crippen molar-refractivity contribution in [2.24, 2.45) is 4.99 Å². The van der Waals surface area contributed by atoms with E-state index in [2.05, 4.69) is 53.5 Å². The fourth-order valence-electron chi connectivity index (χ4n) is 2.46. The molecule has 0 radical (unpaired) electrons. The second-order valence-electron chi connectivity index (χ2n) is 4.05. The molecule has 0 saturated heterocycles. The zero-order valence-corrected chi connectivity index (χ0v) is 8.14. The third-order valence-corrected chi connectivity index (χ3v) is 3.21. The summed E-state index contributed by atoms with van der Waals surface area (Å²) in [5, 5.41) is 0. The van der Waals surface area contributed by atoms with E-state index in [1.54, 1.807) is 0 Å². The molecule has 2 aliphatic rings. The van der Waals surface area contributed by atoms with Crippen LogP contribution in [0.4, 0.5) is 0 Å². The number of nitrogens with zero attached hydrogens (tertiary/aromatic N) is 1. The van der Waals surface area contributed by atoms with Crippen LogP contribution in [0.2, 0.25) is 0 Å². The van der Waals surface area contributed by atoms with Gasteiger partial charge in [-0.05, 0) is 16.7 Å². The molecule has 0 bridgehead atoms. The lowest BCUT2D eigenvalue weighted by molar-refractivity contribution is 1.13. The zero-order chi connectivity index (χ0) is 9.83. The minimum Gasteiger partial charge on any atom is -0.272 e. The minimum absolute atomic E-state index is 0.357. The minimum atomic E-state index is 0.357. The van der Waals surface area contributed by atoms with Crippen LogP contribution in [0.5, 0.6) is 0 Å².